The fraction of sp³-hybridized carbons (Fsp3) is 1.00. The van der Waals surface area contributed by atoms with Crippen LogP contribution in [0.4, 0.5) is 0 Å². The van der Waals surface area contributed by atoms with Crippen LogP contribution in [-0.4, -0.2) is 11.3 Å². The predicted octanol–water partition coefficient (Wildman–Crippen LogP) is 2.25. The highest BCUT2D eigenvalue weighted by Crippen LogP contribution is 2.33. The number of nitrogens with zero attached hydrogens (tertiary/aromatic N) is 4. The van der Waals surface area contributed by atoms with Crippen LogP contribution in [0, 0.1) is 0 Å². The third-order valence-corrected chi connectivity index (χ3v) is 2.34. The quantitative estimate of drug-likeness (QED) is 0.586. The van der Waals surface area contributed by atoms with Crippen molar-refractivity contribution in [2.24, 2.45) is 20.7 Å². The van der Waals surface area contributed by atoms with Gasteiger partial charge in [0, 0.05) is 6.42 Å². The summed E-state index contributed by atoms with van der Waals surface area (Å²) in [5.41, 5.74) is 0. The molecule has 5 heteroatoms. The van der Waals surface area contributed by atoms with Crippen molar-refractivity contribution in [1.82, 2.24) is 0 Å². The van der Waals surface area contributed by atoms with Crippen LogP contribution < -0.4 is 0 Å². The highest BCUT2D eigenvalue weighted by atomic mass is 32.2. The van der Waals surface area contributed by atoms with E-state index in [2.05, 4.69) is 20.7 Å². The number of hydrogen-bond acceptors (Lipinski definition) is 5. The lowest BCUT2D eigenvalue weighted by molar-refractivity contribution is 0.617. The molecule has 0 N–H and O–H groups in total. The van der Waals surface area contributed by atoms with Gasteiger partial charge in [0.2, 0.25) is 4.99 Å². The Balaban J connectivity index is 2.69. The summed E-state index contributed by atoms with van der Waals surface area (Å²) in [5.74, 6) is 0. The maximum atomic E-state index is 3.86. The molecule has 0 amide bonds. The van der Waals surface area contributed by atoms with E-state index < -0.39 is 0 Å². The second-order valence-corrected chi connectivity index (χ2v) is 2.74. The minimum atomic E-state index is -0.389. The van der Waals surface area contributed by atoms with Crippen molar-refractivity contribution in [3.8, 4) is 0 Å². The molecule has 0 saturated carbocycles. The molecule has 9 heavy (non-hydrogen) atoms. The summed E-state index contributed by atoms with van der Waals surface area (Å²) in [7, 11) is 0. The van der Waals surface area contributed by atoms with Gasteiger partial charge in [0.25, 0.3) is 0 Å². The van der Waals surface area contributed by atoms with Crippen LogP contribution in [0.2, 0.25) is 0 Å². The predicted molar refractivity (Wildman–Crippen MR) is 36.2 cm³/mol. The SMILES string of the molecule is CCC1(SC)N=NN=N1. The van der Waals surface area contributed by atoms with Crippen LogP contribution in [0.5, 0.6) is 0 Å². The van der Waals surface area contributed by atoms with Crippen molar-refractivity contribution in [2.45, 2.75) is 18.3 Å². The summed E-state index contributed by atoms with van der Waals surface area (Å²) in [6.07, 6.45) is 2.80. The molecule has 1 rings (SSSR count). The monoisotopic (exact) mass is 144 g/mol. The Morgan fingerprint density at radius 3 is 2.11 bits per heavy atom. The zero-order chi connectivity index (χ0) is 6.74. The molecular weight excluding hydrogens is 136 g/mol. The highest BCUT2D eigenvalue weighted by Gasteiger charge is 2.28. The highest BCUT2D eigenvalue weighted by molar-refractivity contribution is 7.99. The van der Waals surface area contributed by atoms with Crippen LogP contribution in [0.15, 0.2) is 20.7 Å². The summed E-state index contributed by atoms with van der Waals surface area (Å²) in [4.78, 5) is -0.389. The Hall–Kier alpha value is -0.450. The van der Waals surface area contributed by atoms with E-state index in [1.165, 1.54) is 0 Å². The Bertz CT molecular complexity index is 135. The van der Waals surface area contributed by atoms with Gasteiger partial charge in [-0.2, -0.15) is 0 Å². The van der Waals surface area contributed by atoms with Crippen molar-refractivity contribution in [1.29, 1.82) is 0 Å². The Labute approximate surface area is 57.8 Å². The zero-order valence-electron chi connectivity index (χ0n) is 5.40. The van der Waals surface area contributed by atoms with Crippen molar-refractivity contribution in [2.75, 3.05) is 6.26 Å². The average Bonchev–Trinajstić information content (AvgIpc) is 2.36. The zero-order valence-corrected chi connectivity index (χ0v) is 6.22. The van der Waals surface area contributed by atoms with Gasteiger partial charge in [-0.1, -0.05) is 6.92 Å². The maximum absolute atomic E-state index is 3.86. The molecule has 0 aliphatic carbocycles. The number of thioether (sulfide) groups is 1. The normalized spacial score (nSPS) is 21.1. The van der Waals surface area contributed by atoms with Gasteiger partial charge in [-0.3, -0.25) is 0 Å². The molecule has 1 heterocycles. The van der Waals surface area contributed by atoms with E-state index >= 15 is 0 Å². The first-order valence-corrected chi connectivity index (χ1v) is 3.94. The van der Waals surface area contributed by atoms with Gasteiger partial charge in [-0.05, 0) is 16.7 Å². The Morgan fingerprint density at radius 2 is 1.89 bits per heavy atom. The summed E-state index contributed by atoms with van der Waals surface area (Å²) >= 11 is 1.56. The van der Waals surface area contributed by atoms with Crippen molar-refractivity contribution < 1.29 is 0 Å². The molecule has 0 aromatic heterocycles. The summed E-state index contributed by atoms with van der Waals surface area (Å²) in [6, 6.07) is 0. The Morgan fingerprint density at radius 1 is 1.33 bits per heavy atom. The molecule has 4 nitrogen and oxygen atoms in total. The number of rotatable bonds is 2. The molecule has 0 unspecified atom stereocenters. The molecule has 0 saturated heterocycles. The van der Waals surface area contributed by atoms with Crippen LogP contribution in [0.1, 0.15) is 13.3 Å². The van der Waals surface area contributed by atoms with E-state index in [4.69, 9.17) is 0 Å². The average molecular weight is 144 g/mol. The molecule has 50 valence electrons. The minimum Gasteiger partial charge on any atom is -0.123 e. The van der Waals surface area contributed by atoms with Gasteiger partial charge in [0.15, 0.2) is 0 Å². The maximum Gasteiger partial charge on any atom is 0.240 e. The molecule has 0 bridgehead atoms. The lowest BCUT2D eigenvalue weighted by Crippen LogP contribution is -2.12. The van der Waals surface area contributed by atoms with Crippen molar-refractivity contribution in [3.05, 3.63) is 0 Å². The second kappa shape index (κ2) is 2.43. The largest absolute Gasteiger partial charge is 0.240 e. The van der Waals surface area contributed by atoms with Gasteiger partial charge < -0.3 is 0 Å². The van der Waals surface area contributed by atoms with Gasteiger partial charge in [-0.15, -0.1) is 22.0 Å². The van der Waals surface area contributed by atoms with Gasteiger partial charge >= 0.3 is 0 Å². The first kappa shape index (κ1) is 6.67. The van der Waals surface area contributed by atoms with E-state index in [-0.39, 0.29) is 4.99 Å². The molecule has 0 fully saturated rings. The lowest BCUT2D eigenvalue weighted by Gasteiger charge is -2.12. The third kappa shape index (κ3) is 1.10. The van der Waals surface area contributed by atoms with Gasteiger partial charge in [-0.25, -0.2) is 0 Å². The lowest BCUT2D eigenvalue weighted by atomic mass is 10.4. The minimum absolute atomic E-state index is 0.389. The van der Waals surface area contributed by atoms with Crippen LogP contribution >= 0.6 is 11.8 Å². The molecule has 0 radical (unpaired) electrons. The van der Waals surface area contributed by atoms with Crippen molar-refractivity contribution >= 4 is 11.8 Å². The molecule has 0 spiro atoms. The standard InChI is InChI=1S/C4H8N4S/c1-3-4(9-2)5-7-8-6-4/h3H2,1-2H3. The van der Waals surface area contributed by atoms with Gasteiger partial charge in [0.05, 0.1) is 0 Å². The van der Waals surface area contributed by atoms with E-state index in [1.807, 2.05) is 13.2 Å². The summed E-state index contributed by atoms with van der Waals surface area (Å²) in [6.45, 7) is 2.01. The van der Waals surface area contributed by atoms with Crippen LogP contribution in [-0.2, 0) is 0 Å². The van der Waals surface area contributed by atoms with Crippen molar-refractivity contribution in [3.63, 3.8) is 0 Å². The number of hydrogen-bond donors (Lipinski definition) is 0. The fourth-order valence-corrected chi connectivity index (χ4v) is 1.09. The molecule has 0 aromatic carbocycles. The second-order valence-electron chi connectivity index (χ2n) is 1.68. The molecular formula is C4H8N4S. The first-order chi connectivity index (χ1) is 4.33. The van der Waals surface area contributed by atoms with Crippen LogP contribution in [0.3, 0.4) is 0 Å². The summed E-state index contributed by atoms with van der Waals surface area (Å²) < 4.78 is 0. The third-order valence-electron chi connectivity index (χ3n) is 1.23. The Kier molecular flexibility index (Phi) is 1.80. The van der Waals surface area contributed by atoms with Gasteiger partial charge in [0.1, 0.15) is 0 Å². The van der Waals surface area contributed by atoms with Crippen LogP contribution in [0.25, 0.3) is 0 Å². The van der Waals surface area contributed by atoms with E-state index in [9.17, 15) is 0 Å². The topological polar surface area (TPSA) is 49.4 Å². The first-order valence-electron chi connectivity index (χ1n) is 2.72. The molecule has 0 atom stereocenters. The fourth-order valence-electron chi connectivity index (χ4n) is 0.567. The molecule has 1 aliphatic rings. The van der Waals surface area contributed by atoms with E-state index in [0.717, 1.165) is 6.42 Å². The summed E-state index contributed by atoms with van der Waals surface area (Å²) in [5, 5.41) is 14.6. The smallest absolute Gasteiger partial charge is 0.123 e. The molecule has 1 aliphatic heterocycles. The van der Waals surface area contributed by atoms with E-state index in [0.29, 0.717) is 0 Å². The van der Waals surface area contributed by atoms with E-state index in [1.54, 1.807) is 11.8 Å². The molecule has 0 aromatic rings.